The third-order valence-corrected chi connectivity index (χ3v) is 3.62. The Balaban J connectivity index is 2.12. The second-order valence-electron chi connectivity index (χ2n) is 4.66. The molecule has 1 aliphatic heterocycles. The fraction of sp³-hybridized carbons (Fsp3) is 0.357. The van der Waals surface area contributed by atoms with Gasteiger partial charge in [-0.15, -0.1) is 0 Å². The topological polar surface area (TPSA) is 42.8 Å². The van der Waals surface area contributed by atoms with E-state index in [0.717, 1.165) is 24.2 Å². The summed E-state index contributed by atoms with van der Waals surface area (Å²) >= 11 is 0. The minimum absolute atomic E-state index is 0.679. The van der Waals surface area contributed by atoms with Gasteiger partial charge in [0, 0.05) is 29.7 Å². The molecule has 0 bridgehead atoms. The Morgan fingerprint density at radius 1 is 1.29 bits per heavy atom. The van der Waals surface area contributed by atoms with E-state index in [1.807, 2.05) is 6.92 Å². The highest BCUT2D eigenvalue weighted by Gasteiger charge is 2.14. The van der Waals surface area contributed by atoms with E-state index in [9.17, 15) is 0 Å². The van der Waals surface area contributed by atoms with Crippen LogP contribution in [0.25, 0.3) is 10.9 Å². The minimum Gasteiger partial charge on any atom is -0.372 e. The monoisotopic (exact) mass is 225 g/mol. The van der Waals surface area contributed by atoms with Crippen molar-refractivity contribution < 1.29 is 0 Å². The van der Waals surface area contributed by atoms with Crippen LogP contribution in [0.4, 0.5) is 5.69 Å². The fourth-order valence-corrected chi connectivity index (χ4v) is 2.60. The number of hydrogen-bond donors (Lipinski definition) is 1. The van der Waals surface area contributed by atoms with E-state index < -0.39 is 0 Å². The van der Waals surface area contributed by atoms with Crippen LogP contribution in [-0.4, -0.2) is 18.1 Å². The molecule has 0 unspecified atom stereocenters. The van der Waals surface area contributed by atoms with Gasteiger partial charge in [-0.05, 0) is 43.5 Å². The highest BCUT2D eigenvalue weighted by atomic mass is 15.1. The van der Waals surface area contributed by atoms with Crippen LogP contribution in [0.1, 0.15) is 24.1 Å². The number of nitrogens with zero attached hydrogens (tertiary/aromatic N) is 2. The van der Waals surface area contributed by atoms with Gasteiger partial charge in [0.2, 0.25) is 0 Å². The molecule has 0 radical (unpaired) electrons. The molecule has 0 spiro atoms. The highest BCUT2D eigenvalue weighted by molar-refractivity contribution is 5.88. The molecule has 1 aromatic carbocycles. The summed E-state index contributed by atoms with van der Waals surface area (Å²) in [6, 6.07) is 8.63. The Hall–Kier alpha value is -1.95. The van der Waals surface area contributed by atoms with Gasteiger partial charge in [-0.1, -0.05) is 0 Å². The molecule has 1 aliphatic rings. The molecule has 3 heteroatoms. The van der Waals surface area contributed by atoms with Crippen molar-refractivity contribution in [3.63, 3.8) is 0 Å². The normalized spacial score (nSPS) is 15.4. The molecule has 1 N–H and O–H groups in total. The van der Waals surface area contributed by atoms with Crippen molar-refractivity contribution in [1.29, 1.82) is 5.26 Å². The van der Waals surface area contributed by atoms with Crippen molar-refractivity contribution >= 4 is 16.6 Å². The molecular weight excluding hydrogens is 210 g/mol. The lowest BCUT2D eigenvalue weighted by Crippen LogP contribution is -2.17. The fourth-order valence-electron chi connectivity index (χ4n) is 2.60. The van der Waals surface area contributed by atoms with E-state index in [1.165, 1.54) is 23.9 Å². The van der Waals surface area contributed by atoms with E-state index in [1.54, 1.807) is 0 Å². The molecule has 0 saturated carbocycles. The van der Waals surface area contributed by atoms with Crippen molar-refractivity contribution in [2.75, 3.05) is 18.0 Å². The van der Waals surface area contributed by atoms with Gasteiger partial charge in [0.1, 0.15) is 11.8 Å². The Bertz CT molecular complexity index is 598. The zero-order chi connectivity index (χ0) is 11.8. The number of benzene rings is 1. The standard InChI is InChI=1S/C14H15N3/c1-10-12-8-11(17-6-2-3-7-17)4-5-13(12)16-14(10)9-15/h4-5,8,16H,2-3,6-7H2,1H3. The molecule has 1 aromatic heterocycles. The van der Waals surface area contributed by atoms with Crippen LogP contribution in [0.2, 0.25) is 0 Å². The van der Waals surface area contributed by atoms with Crippen LogP contribution >= 0.6 is 0 Å². The molecule has 0 aliphatic carbocycles. The number of aromatic nitrogens is 1. The minimum atomic E-state index is 0.679. The summed E-state index contributed by atoms with van der Waals surface area (Å²) in [6.07, 6.45) is 2.57. The highest BCUT2D eigenvalue weighted by Crippen LogP contribution is 2.28. The molecule has 0 atom stereocenters. The van der Waals surface area contributed by atoms with Crippen LogP contribution < -0.4 is 4.90 Å². The van der Waals surface area contributed by atoms with Gasteiger partial charge in [-0.2, -0.15) is 5.26 Å². The Kier molecular flexibility index (Phi) is 2.29. The summed E-state index contributed by atoms with van der Waals surface area (Å²) < 4.78 is 0. The molecular formula is C14H15N3. The van der Waals surface area contributed by atoms with Gasteiger partial charge in [0.25, 0.3) is 0 Å². The molecule has 1 fully saturated rings. The summed E-state index contributed by atoms with van der Waals surface area (Å²) in [7, 11) is 0. The third-order valence-electron chi connectivity index (χ3n) is 3.62. The number of H-pyrrole nitrogens is 1. The number of fused-ring (bicyclic) bond motifs is 1. The number of anilines is 1. The van der Waals surface area contributed by atoms with Crippen molar-refractivity contribution in [2.24, 2.45) is 0 Å². The number of rotatable bonds is 1. The first kappa shape index (κ1) is 10.2. The molecule has 17 heavy (non-hydrogen) atoms. The van der Waals surface area contributed by atoms with E-state index in [0.29, 0.717) is 5.69 Å². The van der Waals surface area contributed by atoms with Crippen LogP contribution in [0.5, 0.6) is 0 Å². The first-order valence-corrected chi connectivity index (χ1v) is 6.07. The Morgan fingerprint density at radius 3 is 2.76 bits per heavy atom. The van der Waals surface area contributed by atoms with E-state index in [-0.39, 0.29) is 0 Å². The van der Waals surface area contributed by atoms with E-state index >= 15 is 0 Å². The molecule has 2 heterocycles. The van der Waals surface area contributed by atoms with Crippen LogP contribution in [-0.2, 0) is 0 Å². The largest absolute Gasteiger partial charge is 0.372 e. The van der Waals surface area contributed by atoms with Crippen molar-refractivity contribution in [2.45, 2.75) is 19.8 Å². The quantitative estimate of drug-likeness (QED) is 0.810. The van der Waals surface area contributed by atoms with Crippen LogP contribution in [0.15, 0.2) is 18.2 Å². The zero-order valence-electron chi connectivity index (χ0n) is 9.95. The smallest absolute Gasteiger partial charge is 0.121 e. The first-order valence-electron chi connectivity index (χ1n) is 6.07. The molecule has 3 rings (SSSR count). The van der Waals surface area contributed by atoms with Crippen molar-refractivity contribution in [3.8, 4) is 6.07 Å². The van der Waals surface area contributed by atoms with Gasteiger partial charge in [0.05, 0.1) is 0 Å². The second kappa shape index (κ2) is 3.81. The van der Waals surface area contributed by atoms with Gasteiger partial charge < -0.3 is 9.88 Å². The summed E-state index contributed by atoms with van der Waals surface area (Å²) in [5.41, 5.74) is 4.07. The lowest BCUT2D eigenvalue weighted by molar-refractivity contribution is 0.949. The maximum atomic E-state index is 9.01. The maximum absolute atomic E-state index is 9.01. The molecule has 3 nitrogen and oxygen atoms in total. The number of nitriles is 1. The van der Waals surface area contributed by atoms with Crippen molar-refractivity contribution in [3.05, 3.63) is 29.5 Å². The van der Waals surface area contributed by atoms with Crippen LogP contribution in [0.3, 0.4) is 0 Å². The summed E-state index contributed by atoms with van der Waals surface area (Å²) in [4.78, 5) is 5.57. The Labute approximate surface area is 101 Å². The molecule has 2 aromatic rings. The lowest BCUT2D eigenvalue weighted by atomic mass is 10.1. The summed E-state index contributed by atoms with van der Waals surface area (Å²) in [6.45, 7) is 4.31. The third kappa shape index (κ3) is 1.57. The number of aromatic amines is 1. The average molecular weight is 225 g/mol. The van der Waals surface area contributed by atoms with Gasteiger partial charge in [0.15, 0.2) is 0 Å². The summed E-state index contributed by atoms with van der Waals surface area (Å²) in [5.74, 6) is 0. The Morgan fingerprint density at radius 2 is 2.06 bits per heavy atom. The van der Waals surface area contributed by atoms with E-state index in [4.69, 9.17) is 5.26 Å². The second-order valence-corrected chi connectivity index (χ2v) is 4.66. The maximum Gasteiger partial charge on any atom is 0.121 e. The molecule has 0 amide bonds. The van der Waals surface area contributed by atoms with Gasteiger partial charge in [-0.3, -0.25) is 0 Å². The number of hydrogen-bond acceptors (Lipinski definition) is 2. The molecule has 86 valence electrons. The SMILES string of the molecule is Cc1c(C#N)[nH]c2ccc(N3CCCC3)cc12. The van der Waals surface area contributed by atoms with Gasteiger partial charge in [-0.25, -0.2) is 0 Å². The number of nitrogens with one attached hydrogen (secondary N) is 1. The predicted octanol–water partition coefficient (Wildman–Crippen LogP) is 2.95. The van der Waals surface area contributed by atoms with Gasteiger partial charge >= 0.3 is 0 Å². The summed E-state index contributed by atoms with van der Waals surface area (Å²) in [5, 5.41) is 10.2. The van der Waals surface area contributed by atoms with E-state index in [2.05, 4.69) is 34.2 Å². The lowest BCUT2D eigenvalue weighted by Gasteiger charge is -2.17. The zero-order valence-corrected chi connectivity index (χ0v) is 9.95. The van der Waals surface area contributed by atoms with Crippen molar-refractivity contribution in [1.82, 2.24) is 4.98 Å². The average Bonchev–Trinajstić information content (AvgIpc) is 2.97. The predicted molar refractivity (Wildman–Crippen MR) is 69.2 cm³/mol. The molecule has 1 saturated heterocycles. The first-order chi connectivity index (χ1) is 8.29. The van der Waals surface area contributed by atoms with Crippen LogP contribution in [0, 0.1) is 18.3 Å². The number of aryl methyl sites for hydroxylation is 1.